The van der Waals surface area contributed by atoms with Crippen LogP contribution in [-0.2, 0) is 19.7 Å². The SMILES string of the molecule is CCCNCc1ccc(COc2cnn(CC)c2)cc1. The molecule has 0 spiro atoms. The Labute approximate surface area is 120 Å². The van der Waals surface area contributed by atoms with Gasteiger partial charge in [-0.25, -0.2) is 0 Å². The normalized spacial score (nSPS) is 10.7. The van der Waals surface area contributed by atoms with Crippen molar-refractivity contribution in [2.75, 3.05) is 6.54 Å². The van der Waals surface area contributed by atoms with Gasteiger partial charge in [0.2, 0.25) is 0 Å². The summed E-state index contributed by atoms with van der Waals surface area (Å²) in [4.78, 5) is 0. The van der Waals surface area contributed by atoms with Crippen molar-refractivity contribution in [2.45, 2.75) is 40.0 Å². The predicted molar refractivity (Wildman–Crippen MR) is 80.7 cm³/mol. The highest BCUT2D eigenvalue weighted by atomic mass is 16.5. The van der Waals surface area contributed by atoms with E-state index in [0.29, 0.717) is 6.61 Å². The maximum atomic E-state index is 5.71. The van der Waals surface area contributed by atoms with Crippen LogP contribution in [0.3, 0.4) is 0 Å². The zero-order chi connectivity index (χ0) is 14.2. The van der Waals surface area contributed by atoms with Crippen molar-refractivity contribution < 1.29 is 4.74 Å². The molecule has 0 unspecified atom stereocenters. The third kappa shape index (κ3) is 4.38. The zero-order valence-corrected chi connectivity index (χ0v) is 12.3. The van der Waals surface area contributed by atoms with E-state index in [-0.39, 0.29) is 0 Å². The maximum absolute atomic E-state index is 5.71. The molecule has 4 heteroatoms. The highest BCUT2D eigenvalue weighted by Crippen LogP contribution is 2.12. The second-order valence-corrected chi connectivity index (χ2v) is 4.81. The van der Waals surface area contributed by atoms with Gasteiger partial charge in [-0.3, -0.25) is 4.68 Å². The molecule has 1 N–H and O–H groups in total. The number of ether oxygens (including phenoxy) is 1. The van der Waals surface area contributed by atoms with Crippen LogP contribution in [0.15, 0.2) is 36.7 Å². The average molecular weight is 273 g/mol. The Kier molecular flexibility index (Phi) is 5.62. The van der Waals surface area contributed by atoms with Crippen LogP contribution >= 0.6 is 0 Å². The lowest BCUT2D eigenvalue weighted by Gasteiger charge is -2.06. The molecule has 0 saturated heterocycles. The molecule has 0 aliphatic carbocycles. The fraction of sp³-hybridized carbons (Fsp3) is 0.438. The molecular formula is C16H23N3O. The Morgan fingerprint density at radius 2 is 1.90 bits per heavy atom. The van der Waals surface area contributed by atoms with Gasteiger partial charge >= 0.3 is 0 Å². The minimum atomic E-state index is 0.581. The summed E-state index contributed by atoms with van der Waals surface area (Å²) in [5, 5.41) is 7.58. The largest absolute Gasteiger partial charge is 0.486 e. The van der Waals surface area contributed by atoms with Crippen molar-refractivity contribution in [3.05, 3.63) is 47.8 Å². The number of nitrogens with one attached hydrogen (secondary N) is 1. The molecule has 0 saturated carbocycles. The third-order valence-electron chi connectivity index (χ3n) is 3.12. The number of aromatic nitrogens is 2. The van der Waals surface area contributed by atoms with E-state index >= 15 is 0 Å². The Hall–Kier alpha value is -1.81. The number of benzene rings is 1. The maximum Gasteiger partial charge on any atom is 0.157 e. The molecule has 1 aromatic carbocycles. The molecule has 0 atom stereocenters. The Bertz CT molecular complexity index is 505. The molecule has 0 bridgehead atoms. The van der Waals surface area contributed by atoms with Crippen molar-refractivity contribution in [2.24, 2.45) is 0 Å². The molecule has 1 heterocycles. The summed E-state index contributed by atoms with van der Waals surface area (Å²) in [7, 11) is 0. The standard InChI is InChI=1S/C16H23N3O/c1-3-9-17-10-14-5-7-15(8-6-14)13-20-16-11-18-19(4-2)12-16/h5-8,11-12,17H,3-4,9-10,13H2,1-2H3. The van der Waals surface area contributed by atoms with E-state index < -0.39 is 0 Å². The summed E-state index contributed by atoms with van der Waals surface area (Å²) in [6.07, 6.45) is 4.84. The van der Waals surface area contributed by atoms with Gasteiger partial charge in [-0.05, 0) is 31.0 Å². The second-order valence-electron chi connectivity index (χ2n) is 4.81. The van der Waals surface area contributed by atoms with E-state index in [9.17, 15) is 0 Å². The summed E-state index contributed by atoms with van der Waals surface area (Å²) < 4.78 is 7.57. The van der Waals surface area contributed by atoms with Crippen LogP contribution in [0.4, 0.5) is 0 Å². The van der Waals surface area contributed by atoms with Crippen molar-refractivity contribution in [3.63, 3.8) is 0 Å². The van der Waals surface area contributed by atoms with E-state index in [0.717, 1.165) is 31.8 Å². The lowest BCUT2D eigenvalue weighted by atomic mass is 10.1. The topological polar surface area (TPSA) is 39.1 Å². The molecule has 2 rings (SSSR count). The average Bonchev–Trinajstić information content (AvgIpc) is 2.95. The van der Waals surface area contributed by atoms with Crippen LogP contribution in [0.25, 0.3) is 0 Å². The van der Waals surface area contributed by atoms with E-state index in [1.54, 1.807) is 6.20 Å². The van der Waals surface area contributed by atoms with Gasteiger partial charge in [-0.1, -0.05) is 31.2 Å². The first-order valence-electron chi connectivity index (χ1n) is 7.25. The summed E-state index contributed by atoms with van der Waals surface area (Å²) in [5.41, 5.74) is 2.48. The summed E-state index contributed by atoms with van der Waals surface area (Å²) in [6, 6.07) is 8.54. The Morgan fingerprint density at radius 1 is 1.15 bits per heavy atom. The first kappa shape index (κ1) is 14.6. The highest BCUT2D eigenvalue weighted by molar-refractivity contribution is 5.23. The Morgan fingerprint density at radius 3 is 2.55 bits per heavy atom. The van der Waals surface area contributed by atoms with Crippen LogP contribution in [0.5, 0.6) is 5.75 Å². The van der Waals surface area contributed by atoms with Gasteiger partial charge in [0.1, 0.15) is 6.61 Å². The van der Waals surface area contributed by atoms with Crippen LogP contribution in [0.1, 0.15) is 31.4 Å². The van der Waals surface area contributed by atoms with Crippen molar-refractivity contribution >= 4 is 0 Å². The minimum Gasteiger partial charge on any atom is -0.486 e. The van der Waals surface area contributed by atoms with Crippen molar-refractivity contribution in [3.8, 4) is 5.75 Å². The van der Waals surface area contributed by atoms with E-state index in [1.807, 2.05) is 10.9 Å². The second kappa shape index (κ2) is 7.70. The number of rotatable bonds is 8. The zero-order valence-electron chi connectivity index (χ0n) is 12.3. The van der Waals surface area contributed by atoms with Crippen LogP contribution < -0.4 is 10.1 Å². The van der Waals surface area contributed by atoms with Gasteiger partial charge in [0.25, 0.3) is 0 Å². The van der Waals surface area contributed by atoms with Crippen molar-refractivity contribution in [1.82, 2.24) is 15.1 Å². The van der Waals surface area contributed by atoms with Gasteiger partial charge in [-0.2, -0.15) is 5.10 Å². The third-order valence-corrected chi connectivity index (χ3v) is 3.12. The fourth-order valence-electron chi connectivity index (χ4n) is 1.92. The molecule has 20 heavy (non-hydrogen) atoms. The monoisotopic (exact) mass is 273 g/mol. The fourth-order valence-corrected chi connectivity index (χ4v) is 1.92. The van der Waals surface area contributed by atoms with Crippen molar-refractivity contribution in [1.29, 1.82) is 0 Å². The molecule has 0 radical (unpaired) electrons. The van der Waals surface area contributed by atoms with Crippen LogP contribution in [0, 0.1) is 0 Å². The number of hydrogen-bond donors (Lipinski definition) is 1. The Balaban J connectivity index is 1.81. The molecule has 2 aromatic rings. The van der Waals surface area contributed by atoms with Gasteiger partial charge in [-0.15, -0.1) is 0 Å². The molecule has 4 nitrogen and oxygen atoms in total. The molecule has 1 aromatic heterocycles. The van der Waals surface area contributed by atoms with E-state index in [2.05, 4.69) is 48.5 Å². The predicted octanol–water partition coefficient (Wildman–Crippen LogP) is 2.98. The quantitative estimate of drug-likeness (QED) is 0.752. The first-order valence-corrected chi connectivity index (χ1v) is 7.25. The highest BCUT2D eigenvalue weighted by Gasteiger charge is 2.00. The van der Waals surface area contributed by atoms with Gasteiger partial charge in [0.15, 0.2) is 5.75 Å². The van der Waals surface area contributed by atoms with Gasteiger partial charge in [0, 0.05) is 13.1 Å². The lowest BCUT2D eigenvalue weighted by molar-refractivity contribution is 0.305. The lowest BCUT2D eigenvalue weighted by Crippen LogP contribution is -2.13. The molecular weight excluding hydrogens is 250 g/mol. The van der Waals surface area contributed by atoms with Gasteiger partial charge < -0.3 is 10.1 Å². The molecule has 108 valence electrons. The molecule has 0 amide bonds. The van der Waals surface area contributed by atoms with Gasteiger partial charge in [0.05, 0.1) is 12.4 Å². The molecule has 0 fully saturated rings. The van der Waals surface area contributed by atoms with Crippen LogP contribution in [-0.4, -0.2) is 16.3 Å². The summed E-state index contributed by atoms with van der Waals surface area (Å²) in [6.45, 7) is 7.67. The van der Waals surface area contributed by atoms with Crippen LogP contribution in [0.2, 0.25) is 0 Å². The van der Waals surface area contributed by atoms with E-state index in [1.165, 1.54) is 11.1 Å². The van der Waals surface area contributed by atoms with E-state index in [4.69, 9.17) is 4.74 Å². The molecule has 0 aliphatic rings. The first-order chi connectivity index (χ1) is 9.81. The summed E-state index contributed by atoms with van der Waals surface area (Å²) >= 11 is 0. The number of hydrogen-bond acceptors (Lipinski definition) is 3. The molecule has 0 aliphatic heterocycles. The number of aryl methyl sites for hydroxylation is 1. The number of nitrogens with zero attached hydrogens (tertiary/aromatic N) is 2. The minimum absolute atomic E-state index is 0.581. The smallest absolute Gasteiger partial charge is 0.157 e. The summed E-state index contributed by atoms with van der Waals surface area (Å²) in [5.74, 6) is 0.820.